The van der Waals surface area contributed by atoms with Crippen LogP contribution in [0.15, 0.2) is 0 Å². The van der Waals surface area contributed by atoms with E-state index in [0.29, 0.717) is 0 Å². The molecule has 1 aliphatic rings. The molecule has 0 unspecified atom stereocenters. The number of hydrogen-bond donors (Lipinski definition) is 0. The van der Waals surface area contributed by atoms with E-state index in [1.807, 2.05) is 0 Å². The summed E-state index contributed by atoms with van der Waals surface area (Å²) in [5.74, 6) is -0.192. The van der Waals surface area contributed by atoms with Gasteiger partial charge in [0.2, 0.25) is 0 Å². The lowest BCUT2D eigenvalue weighted by Gasteiger charge is -1.97. The monoisotopic (exact) mass is 176 g/mol. The number of rotatable bonds is 4. The van der Waals surface area contributed by atoms with Crippen molar-refractivity contribution < 1.29 is 13.2 Å². The molecule has 11 heavy (non-hydrogen) atoms. The van der Waals surface area contributed by atoms with E-state index < -0.39 is 9.84 Å². The molecule has 0 aliphatic heterocycles. The first-order chi connectivity index (χ1) is 5.05. The predicted octanol–water partition coefficient (Wildman–Crippen LogP) is 0.400. The van der Waals surface area contributed by atoms with Crippen molar-refractivity contribution in [2.24, 2.45) is 5.92 Å². The molecule has 0 spiro atoms. The molecule has 0 bridgehead atoms. The fraction of sp³-hybridized carbons (Fsp3) is 0.857. The van der Waals surface area contributed by atoms with E-state index >= 15 is 0 Å². The Morgan fingerprint density at radius 3 is 2.36 bits per heavy atom. The van der Waals surface area contributed by atoms with E-state index in [2.05, 4.69) is 0 Å². The van der Waals surface area contributed by atoms with E-state index in [1.54, 1.807) is 6.92 Å². The molecule has 0 atom stereocenters. The van der Waals surface area contributed by atoms with Gasteiger partial charge in [0.1, 0.15) is 5.75 Å². The smallest absolute Gasteiger partial charge is 0.157 e. The lowest BCUT2D eigenvalue weighted by atomic mass is 10.3. The van der Waals surface area contributed by atoms with Crippen LogP contribution in [0, 0.1) is 5.92 Å². The number of sulfone groups is 1. The maximum atomic E-state index is 11.0. The number of hydrogen-bond acceptors (Lipinski definition) is 3. The Bertz CT molecular complexity index is 249. The van der Waals surface area contributed by atoms with Crippen LogP contribution in [-0.4, -0.2) is 25.7 Å². The maximum absolute atomic E-state index is 11.0. The van der Waals surface area contributed by atoms with Gasteiger partial charge < -0.3 is 0 Å². The Kier molecular flexibility index (Phi) is 2.32. The lowest BCUT2D eigenvalue weighted by Crippen LogP contribution is -2.18. The van der Waals surface area contributed by atoms with Crippen LogP contribution in [0.4, 0.5) is 0 Å². The Hall–Kier alpha value is -0.380. The number of ketones is 1. The highest BCUT2D eigenvalue weighted by Gasteiger charge is 2.31. The van der Waals surface area contributed by atoms with Crippen molar-refractivity contribution in [3.8, 4) is 0 Å². The second kappa shape index (κ2) is 2.93. The summed E-state index contributed by atoms with van der Waals surface area (Å²) >= 11 is 0. The summed E-state index contributed by atoms with van der Waals surface area (Å²) in [6, 6.07) is 0. The summed E-state index contributed by atoms with van der Waals surface area (Å²) in [5.41, 5.74) is 0. The van der Waals surface area contributed by atoms with Gasteiger partial charge in [0, 0.05) is 11.7 Å². The molecule has 0 saturated heterocycles. The minimum absolute atomic E-state index is 0.0660. The highest BCUT2D eigenvalue weighted by atomic mass is 32.2. The van der Waals surface area contributed by atoms with Gasteiger partial charge in [-0.05, 0) is 12.8 Å². The average Bonchev–Trinajstić information content (AvgIpc) is 2.67. The summed E-state index contributed by atoms with van der Waals surface area (Å²) < 4.78 is 21.8. The zero-order valence-electron chi connectivity index (χ0n) is 6.54. The molecule has 1 fully saturated rings. The first-order valence-corrected chi connectivity index (χ1v) is 5.60. The Labute approximate surface area is 66.7 Å². The second-order valence-corrected chi connectivity index (χ2v) is 5.27. The molecule has 1 aliphatic carbocycles. The van der Waals surface area contributed by atoms with Gasteiger partial charge >= 0.3 is 0 Å². The van der Waals surface area contributed by atoms with Crippen LogP contribution >= 0.6 is 0 Å². The summed E-state index contributed by atoms with van der Waals surface area (Å²) in [6.07, 6.45) is 1.77. The highest BCUT2D eigenvalue weighted by Crippen LogP contribution is 2.30. The topological polar surface area (TPSA) is 51.2 Å². The van der Waals surface area contributed by atoms with Crippen molar-refractivity contribution in [2.75, 3.05) is 11.5 Å². The summed E-state index contributed by atoms with van der Waals surface area (Å²) in [6.45, 7) is 1.56. The molecule has 4 heteroatoms. The SMILES string of the molecule is CCS(=O)(=O)CC(=O)C1CC1. The summed E-state index contributed by atoms with van der Waals surface area (Å²) in [4.78, 5) is 11.0. The zero-order chi connectivity index (χ0) is 8.48. The molecule has 0 aromatic rings. The van der Waals surface area contributed by atoms with Crippen molar-refractivity contribution in [3.63, 3.8) is 0 Å². The first kappa shape index (κ1) is 8.71. The standard InChI is InChI=1S/C7H12O3S/c1-2-11(9,10)5-7(8)6-3-4-6/h6H,2-5H2,1H3. The van der Waals surface area contributed by atoms with Gasteiger partial charge in [-0.1, -0.05) is 6.92 Å². The van der Waals surface area contributed by atoms with Gasteiger partial charge in [0.15, 0.2) is 15.6 Å². The minimum atomic E-state index is -3.07. The molecular formula is C7H12O3S. The van der Waals surface area contributed by atoms with Crippen molar-refractivity contribution in [1.82, 2.24) is 0 Å². The normalized spacial score (nSPS) is 18.3. The largest absolute Gasteiger partial charge is 0.298 e. The van der Waals surface area contributed by atoms with Crippen LogP contribution in [0.5, 0.6) is 0 Å². The zero-order valence-corrected chi connectivity index (χ0v) is 7.36. The van der Waals surface area contributed by atoms with Crippen LogP contribution in [0.25, 0.3) is 0 Å². The number of Topliss-reactive ketones (excluding diaryl/α,β-unsaturated/α-hetero) is 1. The van der Waals surface area contributed by atoms with Gasteiger partial charge in [-0.2, -0.15) is 0 Å². The van der Waals surface area contributed by atoms with Crippen LogP contribution in [0.2, 0.25) is 0 Å². The van der Waals surface area contributed by atoms with Crippen LogP contribution in [0.3, 0.4) is 0 Å². The molecule has 0 N–H and O–H groups in total. The fourth-order valence-electron chi connectivity index (χ4n) is 0.842. The third kappa shape index (κ3) is 2.61. The van der Waals surface area contributed by atoms with Crippen LogP contribution < -0.4 is 0 Å². The minimum Gasteiger partial charge on any atom is -0.298 e. The molecule has 0 aromatic carbocycles. The molecule has 0 aromatic heterocycles. The summed E-state index contributed by atoms with van der Waals surface area (Å²) in [5, 5.41) is 0. The second-order valence-electron chi connectivity index (χ2n) is 2.92. The van der Waals surface area contributed by atoms with Gasteiger partial charge in [-0.15, -0.1) is 0 Å². The Morgan fingerprint density at radius 2 is 2.00 bits per heavy atom. The molecule has 1 rings (SSSR count). The third-order valence-electron chi connectivity index (χ3n) is 1.83. The van der Waals surface area contributed by atoms with E-state index in [0.717, 1.165) is 12.8 Å². The van der Waals surface area contributed by atoms with E-state index in [-0.39, 0.29) is 23.2 Å². The van der Waals surface area contributed by atoms with Gasteiger partial charge in [-0.3, -0.25) is 4.79 Å². The molecule has 0 heterocycles. The number of carbonyl (C=O) groups excluding carboxylic acids is 1. The molecule has 64 valence electrons. The van der Waals surface area contributed by atoms with Crippen LogP contribution in [0.1, 0.15) is 19.8 Å². The highest BCUT2D eigenvalue weighted by molar-refractivity contribution is 7.92. The molecule has 0 amide bonds. The third-order valence-corrected chi connectivity index (χ3v) is 3.44. The predicted molar refractivity (Wildman–Crippen MR) is 42.1 cm³/mol. The van der Waals surface area contributed by atoms with E-state index in [1.165, 1.54) is 0 Å². The molecule has 3 nitrogen and oxygen atoms in total. The average molecular weight is 176 g/mol. The van der Waals surface area contributed by atoms with Crippen molar-refractivity contribution in [1.29, 1.82) is 0 Å². The molecule has 1 saturated carbocycles. The summed E-state index contributed by atoms with van der Waals surface area (Å²) in [7, 11) is -3.07. The first-order valence-electron chi connectivity index (χ1n) is 3.78. The molecule has 0 radical (unpaired) electrons. The lowest BCUT2D eigenvalue weighted by molar-refractivity contribution is -0.117. The van der Waals surface area contributed by atoms with Crippen molar-refractivity contribution in [2.45, 2.75) is 19.8 Å². The Balaban J connectivity index is 2.47. The van der Waals surface area contributed by atoms with E-state index in [4.69, 9.17) is 0 Å². The Morgan fingerprint density at radius 1 is 1.45 bits per heavy atom. The quantitative estimate of drug-likeness (QED) is 0.623. The van der Waals surface area contributed by atoms with Crippen molar-refractivity contribution in [3.05, 3.63) is 0 Å². The fourth-order valence-corrected chi connectivity index (χ4v) is 1.72. The van der Waals surface area contributed by atoms with Gasteiger partial charge in [0.25, 0.3) is 0 Å². The van der Waals surface area contributed by atoms with Crippen molar-refractivity contribution >= 4 is 15.6 Å². The van der Waals surface area contributed by atoms with Gasteiger partial charge in [0.05, 0.1) is 0 Å². The molecular weight excluding hydrogens is 164 g/mol. The maximum Gasteiger partial charge on any atom is 0.157 e. The van der Waals surface area contributed by atoms with Gasteiger partial charge in [-0.25, -0.2) is 8.42 Å². The van der Waals surface area contributed by atoms with Crippen LogP contribution in [-0.2, 0) is 14.6 Å². The number of carbonyl (C=O) groups is 1. The van der Waals surface area contributed by atoms with E-state index in [9.17, 15) is 13.2 Å².